The van der Waals surface area contributed by atoms with Gasteiger partial charge in [0.1, 0.15) is 11.5 Å². The molecule has 6 unspecified atom stereocenters. The Kier molecular flexibility index (Phi) is 7.17. The monoisotopic (exact) mass is 614 g/mol. The number of rotatable bonds is 14. The summed E-state index contributed by atoms with van der Waals surface area (Å²) in [6.45, 7) is 10.6. The number of epoxide rings is 2. The van der Waals surface area contributed by atoms with Crippen LogP contribution in [0.1, 0.15) is 127 Å². The highest BCUT2D eigenvalue weighted by Crippen LogP contribution is 2.58. The Morgan fingerprint density at radius 3 is 1.60 bits per heavy atom. The zero-order valence-electron chi connectivity index (χ0n) is 25.9. The smallest absolute Gasteiger partial charge is 0.303 e. The molecule has 2 saturated carbocycles. The van der Waals surface area contributed by atoms with Gasteiger partial charge in [-0.25, -0.2) is 0 Å². The molecule has 8 nitrogen and oxygen atoms in total. The van der Waals surface area contributed by atoms with E-state index in [4.69, 9.17) is 36.1 Å². The van der Waals surface area contributed by atoms with Crippen LogP contribution in [-0.4, -0.2) is 59.8 Å². The Hall–Kier alpha value is -3.10. The topological polar surface area (TPSA) is 118 Å². The summed E-state index contributed by atoms with van der Waals surface area (Å²) in [5, 5.41) is 18.2. The van der Waals surface area contributed by atoms with Gasteiger partial charge in [0.05, 0.1) is 37.6 Å². The predicted octanol–water partition coefficient (Wildman–Crippen LogP) is 6.07. The van der Waals surface area contributed by atoms with Crippen LogP contribution in [0.5, 0.6) is 11.5 Å². The van der Waals surface area contributed by atoms with Crippen LogP contribution < -0.4 is 9.47 Å². The van der Waals surface area contributed by atoms with E-state index in [1.54, 1.807) is 0 Å². The molecule has 2 radical (unpaired) electrons. The van der Waals surface area contributed by atoms with Gasteiger partial charge in [-0.15, -0.1) is 0 Å². The highest BCUT2D eigenvalue weighted by atomic mass is 16.6. The van der Waals surface area contributed by atoms with Crippen molar-refractivity contribution in [2.75, 3.05) is 13.2 Å². The van der Waals surface area contributed by atoms with Crippen molar-refractivity contribution in [2.45, 2.75) is 126 Å². The minimum atomic E-state index is -0.805. The maximum Gasteiger partial charge on any atom is 0.303 e. The van der Waals surface area contributed by atoms with E-state index in [1.807, 2.05) is 0 Å². The molecule has 0 aromatic heterocycles. The summed E-state index contributed by atoms with van der Waals surface area (Å²) >= 11 is 0. The lowest BCUT2D eigenvalue weighted by Crippen LogP contribution is -2.27. The first-order valence-electron chi connectivity index (χ1n) is 16.9. The number of hydrogen-bond donors (Lipinski definition) is 2. The largest absolute Gasteiger partial charge is 0.493 e. The minimum absolute atomic E-state index is 0.0952. The third-order valence-electron chi connectivity index (χ3n) is 11.0. The predicted molar refractivity (Wildman–Crippen MR) is 164 cm³/mol. The fourth-order valence-electron chi connectivity index (χ4n) is 8.60. The second-order valence-electron chi connectivity index (χ2n) is 14.3. The fourth-order valence-corrected chi connectivity index (χ4v) is 8.60. The maximum absolute atomic E-state index is 11.1. The highest BCUT2D eigenvalue weighted by Gasteiger charge is 2.50. The standard InChI is InChI=1S/C37H42O8/c1-37(2,35-21(19-7-9-27-31(13-19)44-27)17-29(23-15-25(23)35)42-11-3-5-33(38)39)36-22(20-8-10-28-32(14-20)45-28)18-30(24-16-26(24)36)43-12-4-6-34(40)41/h1,17-20,27-28,31-32H,3-16H2,2H3,(H,38,39)(H,40,41). The lowest BCUT2D eigenvalue weighted by Gasteiger charge is -2.36. The summed E-state index contributed by atoms with van der Waals surface area (Å²) in [5.74, 6) is 0.820. The molecule has 0 spiro atoms. The van der Waals surface area contributed by atoms with Gasteiger partial charge in [-0.2, -0.15) is 0 Å². The van der Waals surface area contributed by atoms with Gasteiger partial charge in [-0.1, -0.05) is 6.92 Å². The van der Waals surface area contributed by atoms with Gasteiger partial charge in [0, 0.05) is 42.2 Å². The molecule has 2 aromatic rings. The van der Waals surface area contributed by atoms with Crippen molar-refractivity contribution < 1.29 is 38.7 Å². The number of carboxylic acid groups (broad SMARTS) is 2. The van der Waals surface area contributed by atoms with Crippen molar-refractivity contribution in [3.8, 4) is 11.5 Å². The number of hydrogen-bond acceptors (Lipinski definition) is 6. The first-order valence-corrected chi connectivity index (χ1v) is 16.9. The van der Waals surface area contributed by atoms with Crippen LogP contribution in [0.2, 0.25) is 0 Å². The van der Waals surface area contributed by atoms with Crippen LogP contribution in [0.4, 0.5) is 0 Å². The summed E-state index contributed by atoms with van der Waals surface area (Å²) in [4.78, 5) is 22.1. The second-order valence-corrected chi connectivity index (χ2v) is 14.3. The zero-order chi connectivity index (χ0) is 31.0. The van der Waals surface area contributed by atoms with Crippen LogP contribution in [0.25, 0.3) is 0 Å². The molecule has 4 aliphatic carbocycles. The number of carboxylic acids is 2. The van der Waals surface area contributed by atoms with Crippen molar-refractivity contribution in [3.05, 3.63) is 63.6 Å². The van der Waals surface area contributed by atoms with Crippen molar-refractivity contribution in [2.24, 2.45) is 0 Å². The molecular formula is C37H42O8. The van der Waals surface area contributed by atoms with Gasteiger partial charge < -0.3 is 29.2 Å². The Morgan fingerprint density at radius 2 is 1.20 bits per heavy atom. The molecule has 2 aromatic carbocycles. The number of fused-ring (bicyclic) bond motifs is 4. The van der Waals surface area contributed by atoms with Gasteiger partial charge in [0.2, 0.25) is 0 Å². The Labute approximate surface area is 264 Å². The molecule has 2 aliphatic heterocycles. The average molecular weight is 615 g/mol. The lowest BCUT2D eigenvalue weighted by molar-refractivity contribution is -0.138. The van der Waals surface area contributed by atoms with Crippen LogP contribution in [0, 0.1) is 6.92 Å². The van der Waals surface area contributed by atoms with Crippen LogP contribution in [-0.2, 0) is 37.3 Å². The van der Waals surface area contributed by atoms with E-state index >= 15 is 0 Å². The molecule has 2 heterocycles. The summed E-state index contributed by atoms with van der Waals surface area (Å²) in [5.41, 5.74) is 9.25. The first-order chi connectivity index (χ1) is 21.7. The van der Waals surface area contributed by atoms with Crippen LogP contribution in [0.15, 0.2) is 12.1 Å². The molecule has 8 rings (SSSR count). The average Bonchev–Trinajstić information content (AvgIpc) is 3.81. The lowest BCUT2D eigenvalue weighted by atomic mass is 9.68. The molecule has 2 N–H and O–H groups in total. The third kappa shape index (κ3) is 5.62. The Balaban J connectivity index is 1.16. The number of aliphatic carboxylic acids is 2. The molecule has 45 heavy (non-hydrogen) atoms. The summed E-state index contributed by atoms with van der Waals surface area (Å²) in [7, 11) is 0. The second kappa shape index (κ2) is 11.0. The van der Waals surface area contributed by atoms with E-state index in [-0.39, 0.29) is 12.8 Å². The van der Waals surface area contributed by atoms with Crippen LogP contribution in [0.3, 0.4) is 0 Å². The van der Waals surface area contributed by atoms with E-state index in [0.29, 0.717) is 62.3 Å². The van der Waals surface area contributed by atoms with Crippen LogP contribution >= 0.6 is 0 Å². The third-order valence-corrected chi connectivity index (χ3v) is 11.0. The van der Waals surface area contributed by atoms with Crippen molar-refractivity contribution in [1.29, 1.82) is 0 Å². The molecule has 0 bridgehead atoms. The summed E-state index contributed by atoms with van der Waals surface area (Å²) in [6.07, 6.45) is 10.5. The molecule has 0 amide bonds. The van der Waals surface area contributed by atoms with Crippen molar-refractivity contribution >= 4 is 11.9 Å². The fraction of sp³-hybridized carbons (Fsp3) is 0.595. The quantitative estimate of drug-likeness (QED) is 0.130. The Morgan fingerprint density at radius 1 is 0.756 bits per heavy atom. The van der Waals surface area contributed by atoms with Crippen molar-refractivity contribution in [1.82, 2.24) is 0 Å². The molecule has 238 valence electrons. The molecule has 6 aliphatic rings. The van der Waals surface area contributed by atoms with E-state index in [9.17, 15) is 9.59 Å². The molecular weight excluding hydrogens is 572 g/mol. The number of ether oxygens (including phenoxy) is 4. The van der Waals surface area contributed by atoms with Crippen molar-refractivity contribution in [3.63, 3.8) is 0 Å². The highest BCUT2D eigenvalue weighted by molar-refractivity contribution is 5.72. The molecule has 2 saturated heterocycles. The number of carbonyl (C=O) groups is 2. The maximum atomic E-state index is 11.1. The normalized spacial score (nSPS) is 28.2. The van der Waals surface area contributed by atoms with Gasteiger partial charge in [-0.05, 0) is 116 Å². The van der Waals surface area contributed by atoms with E-state index in [1.165, 1.54) is 44.5 Å². The van der Waals surface area contributed by atoms with E-state index < -0.39 is 17.4 Å². The molecule has 8 heteroatoms. The van der Waals surface area contributed by atoms with Gasteiger partial charge in [0.15, 0.2) is 0 Å². The van der Waals surface area contributed by atoms with E-state index in [2.05, 4.69) is 19.1 Å². The first kappa shape index (κ1) is 29.3. The SMILES string of the molecule is [CH]C(C)(c1c(C2CCC3OC3C2)cc(OCCCC(=O)O)c2c1C2)c1c(C2CCC3OC3C2)cc(OCCCC(=O)O)c2c1C2. The van der Waals surface area contributed by atoms with Gasteiger partial charge in [-0.3, -0.25) is 9.59 Å². The Bertz CT molecular complexity index is 1440. The van der Waals surface area contributed by atoms with Gasteiger partial charge >= 0.3 is 11.9 Å². The number of benzene rings is 2. The minimum Gasteiger partial charge on any atom is -0.493 e. The zero-order valence-corrected chi connectivity index (χ0v) is 25.9. The summed E-state index contributed by atoms with van der Waals surface area (Å²) < 4.78 is 24.3. The van der Waals surface area contributed by atoms with Gasteiger partial charge in [0.25, 0.3) is 0 Å². The molecule has 4 fully saturated rings. The van der Waals surface area contributed by atoms with E-state index in [0.717, 1.165) is 62.9 Å². The summed E-state index contributed by atoms with van der Waals surface area (Å²) in [6, 6.07) is 4.45. The molecule has 6 atom stereocenters.